The lowest BCUT2D eigenvalue weighted by Crippen LogP contribution is -2.65. The Balaban J connectivity index is 3.12. The van der Waals surface area contributed by atoms with Gasteiger partial charge in [0.15, 0.2) is 0 Å². The van der Waals surface area contributed by atoms with Crippen LogP contribution >= 0.6 is 23.5 Å². The quantitative estimate of drug-likeness (QED) is 0.106. The molecule has 1 fully saturated rings. The molecule has 10 N–H and O–H groups in total. The summed E-state index contributed by atoms with van der Waals surface area (Å²) in [7, 11) is -16.6. The number of hydrogen-bond donors (Lipinski definition) is 10. The summed E-state index contributed by atoms with van der Waals surface area (Å²) < 4.78 is 51.3. The average molecular weight is 550 g/mol. The molecule has 1 unspecified atom stereocenters. The van der Waals surface area contributed by atoms with Crippen LogP contribution in [0.1, 0.15) is 6.42 Å². The van der Waals surface area contributed by atoms with Gasteiger partial charge in [0, 0.05) is 0 Å². The van der Waals surface area contributed by atoms with Gasteiger partial charge in [0.2, 0.25) is 0 Å². The number of carboxylic acids is 2. The summed E-state index contributed by atoms with van der Waals surface area (Å²) in [5.74, 6) is -5.18. The Labute approximate surface area is 183 Å². The number of aliphatic carboxylic acids is 2. The zero-order valence-corrected chi connectivity index (χ0v) is 18.6. The van der Waals surface area contributed by atoms with Crippen molar-refractivity contribution >= 4 is 35.4 Å². The molecule has 0 spiro atoms. The van der Waals surface area contributed by atoms with Gasteiger partial charge < -0.3 is 50.0 Å². The number of aliphatic hydroxyl groups is 3. The Morgan fingerprint density at radius 2 is 1.15 bits per heavy atom. The molecular formula is C11H21O19P3. The Kier molecular flexibility index (Phi) is 10.3. The maximum atomic E-state index is 12.1. The van der Waals surface area contributed by atoms with Crippen LogP contribution in [-0.4, -0.2) is 105 Å². The van der Waals surface area contributed by atoms with Crippen molar-refractivity contribution in [2.24, 2.45) is 5.92 Å². The van der Waals surface area contributed by atoms with E-state index in [9.17, 15) is 43.5 Å². The van der Waals surface area contributed by atoms with Gasteiger partial charge in [-0.2, -0.15) is 0 Å². The molecule has 0 aromatic carbocycles. The van der Waals surface area contributed by atoms with Crippen LogP contribution in [0.5, 0.6) is 0 Å². The molecule has 8 atom stereocenters. The number of carboxylic acid groups (broad SMARTS) is 2. The van der Waals surface area contributed by atoms with Crippen molar-refractivity contribution in [3.63, 3.8) is 0 Å². The van der Waals surface area contributed by atoms with E-state index in [4.69, 9.17) is 29.8 Å². The number of aliphatic hydroxyl groups excluding tert-OH is 3. The van der Waals surface area contributed by atoms with Crippen LogP contribution in [0.25, 0.3) is 0 Å². The molecule has 1 saturated carbocycles. The van der Waals surface area contributed by atoms with Crippen LogP contribution in [0.3, 0.4) is 0 Å². The number of phosphoric ester groups is 3. The van der Waals surface area contributed by atoms with Gasteiger partial charge in [-0.1, -0.05) is 0 Å². The molecule has 0 radical (unpaired) electrons. The second-order valence-corrected chi connectivity index (χ2v) is 10.4. The van der Waals surface area contributed by atoms with Crippen LogP contribution in [0.15, 0.2) is 0 Å². The molecule has 0 saturated heterocycles. The Morgan fingerprint density at radius 1 is 0.727 bits per heavy atom. The largest absolute Gasteiger partial charge is 0.481 e. The third-order valence-electron chi connectivity index (χ3n) is 4.00. The number of rotatable bonds is 12. The minimum atomic E-state index is -5.57. The topological polar surface area (TPSA) is 325 Å². The summed E-state index contributed by atoms with van der Waals surface area (Å²) in [5, 5.41) is 47.9. The van der Waals surface area contributed by atoms with E-state index in [0.717, 1.165) is 0 Å². The van der Waals surface area contributed by atoms with E-state index in [1.807, 2.05) is 0 Å². The van der Waals surface area contributed by atoms with Crippen LogP contribution < -0.4 is 0 Å². The smallest absolute Gasteiger partial charge is 0.472 e. The van der Waals surface area contributed by atoms with Gasteiger partial charge in [-0.3, -0.25) is 27.7 Å². The number of phosphoric acid groups is 3. The van der Waals surface area contributed by atoms with E-state index < -0.39 is 91.0 Å². The molecule has 33 heavy (non-hydrogen) atoms. The fourth-order valence-corrected chi connectivity index (χ4v) is 4.76. The van der Waals surface area contributed by atoms with Crippen LogP contribution in [0.2, 0.25) is 0 Å². The zero-order chi connectivity index (χ0) is 25.9. The molecule has 0 heterocycles. The fraction of sp³-hybridized carbons (Fsp3) is 0.818. The molecule has 0 aromatic heterocycles. The van der Waals surface area contributed by atoms with Crippen molar-refractivity contribution in [2.75, 3.05) is 6.61 Å². The predicted octanol–water partition coefficient (Wildman–Crippen LogP) is -3.28. The maximum absolute atomic E-state index is 12.1. The van der Waals surface area contributed by atoms with Crippen molar-refractivity contribution in [3.05, 3.63) is 0 Å². The van der Waals surface area contributed by atoms with Gasteiger partial charge >= 0.3 is 35.4 Å². The first kappa shape index (κ1) is 30.2. The van der Waals surface area contributed by atoms with E-state index in [0.29, 0.717) is 0 Å². The first-order valence-electron chi connectivity index (χ1n) is 8.36. The van der Waals surface area contributed by atoms with Crippen molar-refractivity contribution < 1.29 is 91.4 Å². The SMILES string of the molecule is O=C(O)C[C@H](COP(=O)(O)O[C@H]1[C@H](O)[C@@H](O)[C@H](OP(=O)(O)O)[C@@H](OP(=O)(O)O)[C@H]1O)C(=O)O. The minimum absolute atomic E-state index is 1.04. The van der Waals surface area contributed by atoms with E-state index in [2.05, 4.69) is 18.1 Å². The molecule has 22 heteroatoms. The monoisotopic (exact) mass is 550 g/mol. The third kappa shape index (κ3) is 9.73. The Bertz CT molecular complexity index is 848. The second kappa shape index (κ2) is 11.3. The minimum Gasteiger partial charge on any atom is -0.481 e. The highest BCUT2D eigenvalue weighted by Gasteiger charge is 2.56. The van der Waals surface area contributed by atoms with Gasteiger partial charge in [-0.15, -0.1) is 0 Å². The standard InChI is InChI=1S/C11H21O19P3/c12-4(13)1-3(11(17)18)2-27-33(25,26)30-8-5(14)6(15)9(28-31(19,20)21)10(7(8)16)29-32(22,23)24/h3,5-10,14-16H,1-2H2,(H,12,13)(H,17,18)(H,25,26)(H2,19,20,21)(H2,22,23,24)/t3-,5-,6-,7+,8+,9+,10+/m1/s1. The van der Waals surface area contributed by atoms with Gasteiger partial charge in [0.05, 0.1) is 18.9 Å². The van der Waals surface area contributed by atoms with E-state index in [1.165, 1.54) is 0 Å². The summed E-state index contributed by atoms with van der Waals surface area (Å²) in [4.78, 5) is 67.1. The van der Waals surface area contributed by atoms with Crippen LogP contribution in [0, 0.1) is 5.92 Å². The molecule has 1 aliphatic rings. The fourth-order valence-electron chi connectivity index (χ4n) is 2.65. The highest BCUT2D eigenvalue weighted by Crippen LogP contribution is 2.51. The molecule has 0 bridgehead atoms. The van der Waals surface area contributed by atoms with Gasteiger partial charge in [0.25, 0.3) is 0 Å². The van der Waals surface area contributed by atoms with Gasteiger partial charge in [-0.25, -0.2) is 13.7 Å². The normalized spacial score (nSPS) is 31.5. The van der Waals surface area contributed by atoms with E-state index in [-0.39, 0.29) is 0 Å². The van der Waals surface area contributed by atoms with Crippen molar-refractivity contribution in [1.29, 1.82) is 0 Å². The summed E-state index contributed by atoms with van der Waals surface area (Å²) in [6.07, 6.45) is -16.2. The van der Waals surface area contributed by atoms with Gasteiger partial charge in [0.1, 0.15) is 36.6 Å². The lowest BCUT2D eigenvalue weighted by atomic mass is 9.85. The third-order valence-corrected chi connectivity index (χ3v) is 6.02. The van der Waals surface area contributed by atoms with E-state index in [1.54, 1.807) is 0 Å². The number of carbonyl (C=O) groups is 2. The maximum Gasteiger partial charge on any atom is 0.472 e. The molecule has 1 aliphatic carbocycles. The van der Waals surface area contributed by atoms with Crippen LogP contribution in [-0.2, 0) is 41.4 Å². The highest BCUT2D eigenvalue weighted by molar-refractivity contribution is 7.47. The molecule has 1 rings (SSSR count). The summed E-state index contributed by atoms with van der Waals surface area (Å²) in [5.41, 5.74) is 0. The van der Waals surface area contributed by atoms with Crippen molar-refractivity contribution in [1.82, 2.24) is 0 Å². The molecule has 0 aromatic rings. The van der Waals surface area contributed by atoms with Gasteiger partial charge in [-0.05, 0) is 0 Å². The first-order chi connectivity index (χ1) is 14.7. The highest BCUT2D eigenvalue weighted by atomic mass is 31.2. The molecule has 0 amide bonds. The Hall–Kier alpha value is -0.850. The molecule has 19 nitrogen and oxygen atoms in total. The second-order valence-electron chi connectivity index (χ2n) is 6.56. The zero-order valence-electron chi connectivity index (χ0n) is 15.9. The van der Waals surface area contributed by atoms with Crippen molar-refractivity contribution in [3.8, 4) is 0 Å². The molecular weight excluding hydrogens is 529 g/mol. The average Bonchev–Trinajstić information content (AvgIpc) is 2.61. The van der Waals surface area contributed by atoms with Crippen LogP contribution in [0.4, 0.5) is 0 Å². The molecule has 0 aliphatic heterocycles. The summed E-state index contributed by atoms with van der Waals surface area (Å²) in [6, 6.07) is 0. The first-order valence-corrected chi connectivity index (χ1v) is 12.9. The summed E-state index contributed by atoms with van der Waals surface area (Å²) in [6.45, 7) is -1.22. The van der Waals surface area contributed by atoms with Crippen molar-refractivity contribution in [2.45, 2.75) is 43.0 Å². The molecule has 194 valence electrons. The summed E-state index contributed by atoms with van der Waals surface area (Å²) >= 11 is 0. The Morgan fingerprint density at radius 3 is 1.55 bits per heavy atom. The van der Waals surface area contributed by atoms with E-state index >= 15 is 0 Å². The number of hydrogen-bond acceptors (Lipinski definition) is 12. The lowest BCUT2D eigenvalue weighted by Gasteiger charge is -2.44. The lowest BCUT2D eigenvalue weighted by molar-refractivity contribution is -0.213. The predicted molar refractivity (Wildman–Crippen MR) is 95.9 cm³/mol.